The van der Waals surface area contributed by atoms with Gasteiger partial charge in [0.1, 0.15) is 22.6 Å². The predicted molar refractivity (Wildman–Crippen MR) is 190 cm³/mol. The van der Waals surface area contributed by atoms with Crippen LogP contribution < -0.4 is 0 Å². The molecule has 5 aromatic rings. The SMILES string of the molecule is CCCc1c(CCC)c2nc3nc(nc4[nH]c(nc5nc(nc1[nH]2)-c1ccc([N+](=O)[O-])cc1-5)c(CCC)c4CCC)-c1ccc([N+](=O)[O-])cc1-3. The molecule has 0 amide bonds. The molecule has 2 N–H and O–H groups in total. The summed E-state index contributed by atoms with van der Waals surface area (Å²) < 4.78 is 0. The maximum atomic E-state index is 11.9. The molecule has 254 valence electrons. The Morgan fingerprint density at radius 3 is 1.06 bits per heavy atom. The first kappa shape index (κ1) is 32.6. The number of aromatic nitrogens is 8. The highest BCUT2D eigenvalue weighted by molar-refractivity contribution is 5.86. The number of nitro benzene ring substituents is 2. The molecule has 0 unspecified atom stereocenters. The summed E-state index contributed by atoms with van der Waals surface area (Å²) >= 11 is 0. The molecular formula is C36H36N10O4. The highest BCUT2D eigenvalue weighted by atomic mass is 16.6. The minimum Gasteiger partial charge on any atom is -0.324 e. The molecule has 5 heterocycles. The molecule has 14 heteroatoms. The van der Waals surface area contributed by atoms with Crippen molar-refractivity contribution in [2.45, 2.75) is 79.1 Å². The molecule has 50 heavy (non-hydrogen) atoms. The van der Waals surface area contributed by atoms with Crippen LogP contribution in [0.3, 0.4) is 0 Å². The fourth-order valence-corrected chi connectivity index (χ4v) is 6.81. The van der Waals surface area contributed by atoms with Crippen molar-refractivity contribution in [3.05, 3.63) is 78.9 Å². The number of fused-ring (bicyclic) bond motifs is 14. The summed E-state index contributed by atoms with van der Waals surface area (Å²) in [5, 5.41) is 23.7. The molecule has 0 atom stereocenters. The molecular weight excluding hydrogens is 636 g/mol. The summed E-state index contributed by atoms with van der Waals surface area (Å²) in [5.41, 5.74) is 8.41. The number of aromatic amines is 2. The lowest BCUT2D eigenvalue weighted by Crippen LogP contribution is -1.93. The summed E-state index contributed by atoms with van der Waals surface area (Å²) in [4.78, 5) is 59.6. The molecule has 8 bridgehead atoms. The van der Waals surface area contributed by atoms with E-state index < -0.39 is 9.85 Å². The summed E-state index contributed by atoms with van der Waals surface area (Å²) in [6.07, 6.45) is 6.24. The van der Waals surface area contributed by atoms with Gasteiger partial charge in [-0.2, -0.15) is 0 Å². The molecule has 2 aliphatic heterocycles. The molecule has 0 radical (unpaired) electrons. The lowest BCUT2D eigenvalue weighted by Gasteiger charge is -2.02. The van der Waals surface area contributed by atoms with Crippen LogP contribution in [0.25, 0.3) is 68.1 Å². The van der Waals surface area contributed by atoms with E-state index in [1.165, 1.54) is 24.3 Å². The maximum Gasteiger partial charge on any atom is 0.270 e. The third-order valence-electron chi connectivity index (χ3n) is 9.03. The zero-order chi connectivity index (χ0) is 35.1. The molecule has 3 aromatic heterocycles. The van der Waals surface area contributed by atoms with Crippen LogP contribution in [-0.2, 0) is 25.7 Å². The minimum absolute atomic E-state index is 0.0655. The Hall–Kier alpha value is -5.92. The molecule has 2 aliphatic rings. The number of nitrogens with one attached hydrogen (secondary N) is 2. The monoisotopic (exact) mass is 672 g/mol. The summed E-state index contributed by atoms with van der Waals surface area (Å²) in [6.45, 7) is 8.37. The Morgan fingerprint density at radius 2 is 0.780 bits per heavy atom. The molecule has 0 aliphatic carbocycles. The molecule has 7 rings (SSSR count). The zero-order valence-electron chi connectivity index (χ0n) is 28.3. The number of H-pyrrole nitrogens is 2. The van der Waals surface area contributed by atoms with E-state index in [1.54, 1.807) is 12.1 Å². The third kappa shape index (κ3) is 5.65. The standard InChI is InChI=1S/C36H36N10O4/c1-5-9-21-23(11-7-3)31-37-29(21)39-33-25-15-13-19(45(47)48)17-27(25)36(43-33)42-32-24(12-8-4)22(10-6-2)30(38-32)40-34-26-16-14-20(46(49)50)18-28(26)35(41-31)44-34/h13-18H,5-12H2,1-4H3,(H2,37,38,39,40,41,42,43,44). The topological polar surface area (TPSA) is 195 Å². The van der Waals surface area contributed by atoms with Crippen LogP contribution in [0.15, 0.2) is 36.4 Å². The molecule has 0 saturated heterocycles. The summed E-state index contributed by atoms with van der Waals surface area (Å²) in [7, 11) is 0. The van der Waals surface area contributed by atoms with E-state index in [1.807, 2.05) is 0 Å². The van der Waals surface area contributed by atoms with Crippen LogP contribution in [-0.4, -0.2) is 49.7 Å². The van der Waals surface area contributed by atoms with Crippen molar-refractivity contribution in [3.63, 3.8) is 0 Å². The number of hydrogen-bond acceptors (Lipinski definition) is 10. The molecule has 0 spiro atoms. The minimum atomic E-state index is -0.426. The number of rotatable bonds is 10. The van der Waals surface area contributed by atoms with Gasteiger partial charge in [0.15, 0.2) is 23.3 Å². The van der Waals surface area contributed by atoms with Crippen LogP contribution in [0.1, 0.15) is 75.6 Å². The summed E-state index contributed by atoms with van der Waals surface area (Å²) in [6, 6.07) is 9.26. The van der Waals surface area contributed by atoms with Gasteiger partial charge in [-0.05, 0) is 37.8 Å². The van der Waals surface area contributed by atoms with Gasteiger partial charge >= 0.3 is 0 Å². The quantitative estimate of drug-likeness (QED) is 0.106. The Morgan fingerprint density at radius 1 is 0.480 bits per heavy atom. The van der Waals surface area contributed by atoms with Gasteiger partial charge in [0.25, 0.3) is 11.4 Å². The summed E-state index contributed by atoms with van der Waals surface area (Å²) in [5.74, 6) is 1.39. The van der Waals surface area contributed by atoms with E-state index >= 15 is 0 Å². The average molecular weight is 673 g/mol. The average Bonchev–Trinajstić information content (AvgIpc) is 3.81. The highest BCUT2D eigenvalue weighted by Crippen LogP contribution is 2.39. The second-order valence-corrected chi connectivity index (χ2v) is 12.5. The van der Waals surface area contributed by atoms with Crippen molar-refractivity contribution < 1.29 is 9.85 Å². The van der Waals surface area contributed by atoms with Crippen LogP contribution >= 0.6 is 0 Å². The van der Waals surface area contributed by atoms with Crippen LogP contribution in [0.4, 0.5) is 11.4 Å². The Bertz CT molecular complexity index is 2200. The lowest BCUT2D eigenvalue weighted by molar-refractivity contribution is -0.385. The number of nitro groups is 2. The van der Waals surface area contributed by atoms with Crippen LogP contribution in [0, 0.1) is 20.2 Å². The van der Waals surface area contributed by atoms with Crippen molar-refractivity contribution in [3.8, 4) is 45.6 Å². The second-order valence-electron chi connectivity index (χ2n) is 12.5. The molecule has 0 fully saturated rings. The lowest BCUT2D eigenvalue weighted by atomic mass is 10.0. The predicted octanol–water partition coefficient (Wildman–Crippen LogP) is 8.19. The van der Waals surface area contributed by atoms with Gasteiger partial charge in [-0.1, -0.05) is 53.4 Å². The molecule has 0 saturated carbocycles. The van der Waals surface area contributed by atoms with Crippen LogP contribution in [0.2, 0.25) is 0 Å². The fourth-order valence-electron chi connectivity index (χ4n) is 6.81. The van der Waals surface area contributed by atoms with Crippen LogP contribution in [0.5, 0.6) is 0 Å². The van der Waals surface area contributed by atoms with E-state index in [0.717, 1.165) is 47.9 Å². The van der Waals surface area contributed by atoms with Gasteiger partial charge in [-0.15, -0.1) is 0 Å². The Labute approximate surface area is 286 Å². The Kier molecular flexibility index (Phi) is 8.60. The van der Waals surface area contributed by atoms with E-state index in [0.29, 0.717) is 93.8 Å². The van der Waals surface area contributed by atoms with Crippen molar-refractivity contribution in [1.29, 1.82) is 0 Å². The van der Waals surface area contributed by atoms with Gasteiger partial charge in [0, 0.05) is 68.8 Å². The van der Waals surface area contributed by atoms with E-state index in [2.05, 4.69) is 37.7 Å². The Balaban J connectivity index is 1.67. The third-order valence-corrected chi connectivity index (χ3v) is 9.03. The molecule has 2 aromatic carbocycles. The zero-order valence-corrected chi connectivity index (χ0v) is 28.3. The number of non-ortho nitro benzene ring substituents is 2. The van der Waals surface area contributed by atoms with Gasteiger partial charge in [0.2, 0.25) is 0 Å². The van der Waals surface area contributed by atoms with Gasteiger partial charge in [-0.3, -0.25) is 20.2 Å². The first-order valence-electron chi connectivity index (χ1n) is 17.1. The van der Waals surface area contributed by atoms with Crippen molar-refractivity contribution >= 4 is 34.0 Å². The largest absolute Gasteiger partial charge is 0.324 e. The van der Waals surface area contributed by atoms with Crippen molar-refractivity contribution in [2.75, 3.05) is 0 Å². The smallest absolute Gasteiger partial charge is 0.270 e. The first-order valence-corrected chi connectivity index (χ1v) is 17.1. The first-order chi connectivity index (χ1) is 24.2. The van der Waals surface area contributed by atoms with E-state index in [9.17, 15) is 20.2 Å². The van der Waals surface area contributed by atoms with Gasteiger partial charge < -0.3 is 9.97 Å². The number of hydrogen-bond donors (Lipinski definition) is 2. The number of nitrogens with zero attached hydrogens (tertiary/aromatic N) is 8. The van der Waals surface area contributed by atoms with Crippen molar-refractivity contribution in [1.82, 2.24) is 39.9 Å². The van der Waals surface area contributed by atoms with Crippen molar-refractivity contribution in [2.24, 2.45) is 0 Å². The number of benzene rings is 2. The van der Waals surface area contributed by atoms with E-state index in [4.69, 9.17) is 29.9 Å². The van der Waals surface area contributed by atoms with Gasteiger partial charge in [-0.25, -0.2) is 29.9 Å². The highest BCUT2D eigenvalue weighted by Gasteiger charge is 2.26. The maximum absolute atomic E-state index is 11.9. The molecule has 14 nitrogen and oxygen atoms in total. The fraction of sp³-hybridized carbons (Fsp3) is 0.333. The van der Waals surface area contributed by atoms with Gasteiger partial charge in [0.05, 0.1) is 9.85 Å². The normalized spacial score (nSPS) is 11.8. The van der Waals surface area contributed by atoms with E-state index in [-0.39, 0.29) is 11.4 Å². The number of aryl methyl sites for hydroxylation is 4. The second kappa shape index (κ2) is 13.2.